The van der Waals surface area contributed by atoms with Gasteiger partial charge in [0.2, 0.25) is 10.0 Å². The zero-order chi connectivity index (χ0) is 22.1. The monoisotopic (exact) mass is 433 g/mol. The number of hydrogen-bond donors (Lipinski definition) is 3. The van der Waals surface area contributed by atoms with Gasteiger partial charge in [-0.25, -0.2) is 13.2 Å². The lowest BCUT2D eigenvalue weighted by atomic mass is 10.1. The lowest BCUT2D eigenvalue weighted by molar-refractivity contribution is 0.0522. The normalized spacial score (nSPS) is 19.7. The first-order chi connectivity index (χ1) is 13.5. The Balaban J connectivity index is 2.60. The first-order valence-electron chi connectivity index (χ1n) is 10.4. The van der Waals surface area contributed by atoms with Crippen LogP contribution < -0.4 is 16.0 Å². The lowest BCUT2D eigenvalue weighted by Gasteiger charge is -2.26. The van der Waals surface area contributed by atoms with Gasteiger partial charge in [0, 0.05) is 38.8 Å². The number of rotatable bonds is 9. The van der Waals surface area contributed by atoms with Crippen LogP contribution in [0.15, 0.2) is 4.99 Å². The van der Waals surface area contributed by atoms with E-state index < -0.39 is 21.7 Å². The molecule has 1 fully saturated rings. The number of aliphatic imine (C=N–C) groups is 1. The molecule has 0 spiro atoms. The molecule has 9 nitrogen and oxygen atoms in total. The second kappa shape index (κ2) is 11.6. The van der Waals surface area contributed by atoms with Crippen LogP contribution in [0.3, 0.4) is 0 Å². The number of ether oxygens (including phenoxy) is 1. The molecule has 0 aromatic carbocycles. The highest BCUT2D eigenvalue weighted by Gasteiger charge is 2.31. The summed E-state index contributed by atoms with van der Waals surface area (Å²) in [5, 5.41) is 9.38. The zero-order valence-corrected chi connectivity index (χ0v) is 19.6. The maximum Gasteiger partial charge on any atom is 0.407 e. The Bertz CT molecular complexity index is 645. The minimum Gasteiger partial charge on any atom is -0.444 e. The molecule has 0 saturated carbocycles. The van der Waals surface area contributed by atoms with Crippen LogP contribution in [-0.2, 0) is 14.8 Å². The predicted octanol–water partition coefficient (Wildman–Crippen LogP) is 1.66. The number of hydrogen-bond acceptors (Lipinski definition) is 5. The Kier molecular flexibility index (Phi) is 10.2. The number of carbonyl (C=O) groups is 1. The number of alkyl carbamates (subject to hydrolysis) is 1. The van der Waals surface area contributed by atoms with Gasteiger partial charge in [0.1, 0.15) is 5.60 Å². The maximum atomic E-state index is 12.0. The Morgan fingerprint density at radius 3 is 2.55 bits per heavy atom. The molecular weight excluding hydrogens is 394 g/mol. The largest absolute Gasteiger partial charge is 0.444 e. The van der Waals surface area contributed by atoms with Crippen LogP contribution in [0.5, 0.6) is 0 Å². The van der Waals surface area contributed by atoms with Gasteiger partial charge in [-0.3, -0.25) is 4.99 Å². The molecular formula is C19H39N5O4S. The minimum absolute atomic E-state index is 0.0109. The van der Waals surface area contributed by atoms with Gasteiger partial charge in [0.05, 0.1) is 6.26 Å². The van der Waals surface area contributed by atoms with Crippen molar-refractivity contribution in [3.8, 4) is 0 Å². The molecule has 10 heteroatoms. The zero-order valence-electron chi connectivity index (χ0n) is 18.7. The van der Waals surface area contributed by atoms with Crippen LogP contribution in [0, 0.1) is 0 Å². The molecule has 0 radical (unpaired) electrons. The van der Waals surface area contributed by atoms with E-state index in [-0.39, 0.29) is 12.1 Å². The SMILES string of the molecule is CCCCC(CNC(=O)OC(C)(C)C)NC(=NC)NC[C@H]1CCCN1S(C)(=O)=O. The summed E-state index contributed by atoms with van der Waals surface area (Å²) in [6.45, 7) is 9.07. The summed E-state index contributed by atoms with van der Waals surface area (Å²) in [5.41, 5.74) is -0.541. The van der Waals surface area contributed by atoms with E-state index in [1.54, 1.807) is 11.4 Å². The van der Waals surface area contributed by atoms with Gasteiger partial charge in [-0.05, 0) is 40.0 Å². The van der Waals surface area contributed by atoms with Gasteiger partial charge >= 0.3 is 6.09 Å². The van der Waals surface area contributed by atoms with Crippen molar-refractivity contribution >= 4 is 22.1 Å². The van der Waals surface area contributed by atoms with Crippen LogP contribution >= 0.6 is 0 Å². The summed E-state index contributed by atoms with van der Waals surface area (Å²) >= 11 is 0. The fourth-order valence-corrected chi connectivity index (χ4v) is 4.43. The summed E-state index contributed by atoms with van der Waals surface area (Å²) in [6, 6.07) is -0.0826. The van der Waals surface area contributed by atoms with Crippen molar-refractivity contribution < 1.29 is 17.9 Å². The first kappa shape index (κ1) is 25.5. The molecule has 0 aromatic heterocycles. The summed E-state index contributed by atoms with van der Waals surface area (Å²) in [5.74, 6) is 0.595. The van der Waals surface area contributed by atoms with Crippen molar-refractivity contribution in [1.29, 1.82) is 0 Å². The van der Waals surface area contributed by atoms with E-state index in [0.29, 0.717) is 25.6 Å². The summed E-state index contributed by atoms with van der Waals surface area (Å²) in [7, 11) is -1.53. The molecule has 1 amide bonds. The first-order valence-corrected chi connectivity index (χ1v) is 12.2. The molecule has 0 aromatic rings. The van der Waals surface area contributed by atoms with Crippen molar-refractivity contribution in [3.05, 3.63) is 0 Å². The molecule has 29 heavy (non-hydrogen) atoms. The molecule has 1 saturated heterocycles. The van der Waals surface area contributed by atoms with E-state index in [2.05, 4.69) is 27.9 Å². The number of nitrogens with one attached hydrogen (secondary N) is 3. The highest BCUT2D eigenvalue weighted by molar-refractivity contribution is 7.88. The third-order valence-electron chi connectivity index (χ3n) is 4.62. The molecule has 1 heterocycles. The smallest absolute Gasteiger partial charge is 0.407 e. The second-order valence-electron chi connectivity index (χ2n) is 8.49. The van der Waals surface area contributed by atoms with E-state index >= 15 is 0 Å². The van der Waals surface area contributed by atoms with Crippen LogP contribution in [-0.4, -0.2) is 75.4 Å². The Hall–Kier alpha value is -1.55. The van der Waals surface area contributed by atoms with Crippen LogP contribution in [0.1, 0.15) is 59.8 Å². The number of amides is 1. The standard InChI is InChI=1S/C19H39N5O4S/c1-7-8-10-15(13-22-18(25)28-19(2,3)4)23-17(20-5)21-14-16-11-9-12-24(16)29(6,26)27/h15-16H,7-14H2,1-6H3,(H,22,25)(H2,20,21,23)/t15?,16-/m1/s1. The van der Waals surface area contributed by atoms with E-state index in [1.807, 2.05) is 20.8 Å². The van der Waals surface area contributed by atoms with Crippen molar-refractivity contribution in [1.82, 2.24) is 20.3 Å². The molecule has 170 valence electrons. The summed E-state index contributed by atoms with van der Waals surface area (Å²) < 4.78 is 30.6. The van der Waals surface area contributed by atoms with Crippen molar-refractivity contribution in [2.24, 2.45) is 4.99 Å². The molecule has 2 atom stereocenters. The van der Waals surface area contributed by atoms with Crippen LogP contribution in [0.4, 0.5) is 4.79 Å². The van der Waals surface area contributed by atoms with E-state index in [1.165, 1.54) is 6.26 Å². The van der Waals surface area contributed by atoms with Gasteiger partial charge in [-0.2, -0.15) is 4.31 Å². The van der Waals surface area contributed by atoms with E-state index in [0.717, 1.165) is 32.1 Å². The topological polar surface area (TPSA) is 112 Å². The lowest BCUT2D eigenvalue weighted by Crippen LogP contribution is -2.51. The fraction of sp³-hybridized carbons (Fsp3) is 0.895. The number of guanidine groups is 1. The molecule has 0 bridgehead atoms. The fourth-order valence-electron chi connectivity index (χ4n) is 3.25. The third kappa shape index (κ3) is 10.2. The predicted molar refractivity (Wildman–Crippen MR) is 117 cm³/mol. The van der Waals surface area contributed by atoms with Crippen molar-refractivity contribution in [3.63, 3.8) is 0 Å². The minimum atomic E-state index is -3.20. The maximum absolute atomic E-state index is 12.0. The number of nitrogens with zero attached hydrogens (tertiary/aromatic N) is 2. The Morgan fingerprint density at radius 2 is 2.00 bits per heavy atom. The number of carbonyl (C=O) groups excluding carboxylic acids is 1. The Morgan fingerprint density at radius 1 is 1.31 bits per heavy atom. The molecule has 1 aliphatic rings. The van der Waals surface area contributed by atoms with E-state index in [9.17, 15) is 13.2 Å². The van der Waals surface area contributed by atoms with E-state index in [4.69, 9.17) is 4.74 Å². The van der Waals surface area contributed by atoms with Crippen LogP contribution in [0.2, 0.25) is 0 Å². The van der Waals surface area contributed by atoms with Crippen LogP contribution in [0.25, 0.3) is 0 Å². The molecule has 1 aliphatic heterocycles. The van der Waals surface area contributed by atoms with Gasteiger partial charge < -0.3 is 20.7 Å². The number of unbranched alkanes of at least 4 members (excludes halogenated alkanes) is 1. The highest BCUT2D eigenvalue weighted by Crippen LogP contribution is 2.19. The molecule has 1 rings (SSSR count). The Labute approximate surface area is 176 Å². The van der Waals surface area contributed by atoms with Gasteiger partial charge in [-0.15, -0.1) is 0 Å². The van der Waals surface area contributed by atoms with Gasteiger partial charge in [0.15, 0.2) is 5.96 Å². The third-order valence-corrected chi connectivity index (χ3v) is 5.95. The van der Waals surface area contributed by atoms with Crippen molar-refractivity contribution in [2.75, 3.05) is 32.9 Å². The van der Waals surface area contributed by atoms with Crippen molar-refractivity contribution in [2.45, 2.75) is 77.5 Å². The molecule has 0 aliphatic carbocycles. The quantitative estimate of drug-likeness (QED) is 0.377. The van der Waals surface area contributed by atoms with Gasteiger partial charge in [-0.1, -0.05) is 19.8 Å². The average Bonchev–Trinajstić information content (AvgIpc) is 3.07. The summed E-state index contributed by atoms with van der Waals surface area (Å²) in [4.78, 5) is 16.2. The second-order valence-corrected chi connectivity index (χ2v) is 10.4. The molecule has 1 unspecified atom stereocenters. The number of sulfonamides is 1. The summed E-state index contributed by atoms with van der Waals surface area (Å²) in [6.07, 6.45) is 5.42. The average molecular weight is 434 g/mol. The highest BCUT2D eigenvalue weighted by atomic mass is 32.2. The van der Waals surface area contributed by atoms with Gasteiger partial charge in [0.25, 0.3) is 0 Å². The molecule has 3 N–H and O–H groups in total.